The molecule has 0 fully saturated rings. The Kier molecular flexibility index (Phi) is 6.48. The molecule has 0 aliphatic carbocycles. The molecule has 0 bridgehead atoms. The molecule has 3 heteroatoms. The highest BCUT2D eigenvalue weighted by Gasteiger charge is 1.93. The predicted octanol–water partition coefficient (Wildman–Crippen LogP) is 1.19. The van der Waals surface area contributed by atoms with Crippen LogP contribution in [0.5, 0.6) is 0 Å². The highest BCUT2D eigenvalue weighted by atomic mass is 16.5. The van der Waals surface area contributed by atoms with Crippen LogP contribution >= 0.6 is 0 Å². The molecule has 0 atom stereocenters. The van der Waals surface area contributed by atoms with Gasteiger partial charge in [-0.1, -0.05) is 19.8 Å². The number of esters is 1. The number of rotatable bonds is 5. The normalized spacial score (nSPS) is 10.3. The maximum absolute atomic E-state index is 10.6. The van der Waals surface area contributed by atoms with E-state index in [2.05, 4.69) is 6.92 Å². The Labute approximate surface area is 67.2 Å². The number of nitrogens with two attached hydrogens (primary N) is 1. The molecule has 0 heterocycles. The van der Waals surface area contributed by atoms with Crippen molar-refractivity contribution in [1.29, 1.82) is 0 Å². The van der Waals surface area contributed by atoms with Crippen LogP contribution in [0.25, 0.3) is 0 Å². The monoisotopic (exact) mass is 157 g/mol. The molecule has 0 aromatic heterocycles. The third-order valence-corrected chi connectivity index (χ3v) is 1.22. The van der Waals surface area contributed by atoms with E-state index in [0.717, 1.165) is 19.3 Å². The zero-order valence-electron chi connectivity index (χ0n) is 6.88. The van der Waals surface area contributed by atoms with Gasteiger partial charge in [-0.2, -0.15) is 0 Å². The van der Waals surface area contributed by atoms with Gasteiger partial charge in [-0.05, 0) is 6.42 Å². The number of hydrogen-bond donors (Lipinski definition) is 1. The zero-order chi connectivity index (χ0) is 8.53. The Morgan fingerprint density at radius 2 is 2.27 bits per heavy atom. The van der Waals surface area contributed by atoms with Crippen molar-refractivity contribution >= 4 is 5.97 Å². The predicted molar refractivity (Wildman–Crippen MR) is 43.8 cm³/mol. The van der Waals surface area contributed by atoms with E-state index in [-0.39, 0.29) is 5.97 Å². The molecule has 2 N–H and O–H groups in total. The lowest BCUT2D eigenvalue weighted by Gasteiger charge is -1.99. The van der Waals surface area contributed by atoms with Crippen molar-refractivity contribution in [3.8, 4) is 0 Å². The van der Waals surface area contributed by atoms with Crippen LogP contribution in [0.15, 0.2) is 12.3 Å². The van der Waals surface area contributed by atoms with Gasteiger partial charge in [0.05, 0.1) is 6.61 Å². The number of carbonyl (C=O) groups is 1. The summed E-state index contributed by atoms with van der Waals surface area (Å²) in [7, 11) is 0. The summed E-state index contributed by atoms with van der Waals surface area (Å²) in [6, 6.07) is 0. The summed E-state index contributed by atoms with van der Waals surface area (Å²) in [4.78, 5) is 10.6. The number of carbonyl (C=O) groups excluding carboxylic acids is 1. The first-order valence-electron chi connectivity index (χ1n) is 3.86. The van der Waals surface area contributed by atoms with E-state index in [1.54, 1.807) is 0 Å². The summed E-state index contributed by atoms with van der Waals surface area (Å²) in [5.41, 5.74) is 4.98. The lowest BCUT2D eigenvalue weighted by Crippen LogP contribution is -2.02. The first-order valence-corrected chi connectivity index (χ1v) is 3.86. The maximum Gasteiger partial charge on any atom is 0.332 e. The summed E-state index contributed by atoms with van der Waals surface area (Å²) in [5, 5.41) is 0. The van der Waals surface area contributed by atoms with Crippen molar-refractivity contribution in [2.75, 3.05) is 6.61 Å². The van der Waals surface area contributed by atoms with Crippen LogP contribution < -0.4 is 5.73 Å². The fraction of sp³-hybridized carbons (Fsp3) is 0.625. The van der Waals surface area contributed by atoms with Crippen molar-refractivity contribution in [2.24, 2.45) is 5.73 Å². The van der Waals surface area contributed by atoms with Gasteiger partial charge in [0.2, 0.25) is 0 Å². The highest BCUT2D eigenvalue weighted by Crippen LogP contribution is 1.94. The van der Waals surface area contributed by atoms with E-state index < -0.39 is 0 Å². The summed E-state index contributed by atoms with van der Waals surface area (Å²) in [6.07, 6.45) is 5.55. The minimum absolute atomic E-state index is 0.358. The summed E-state index contributed by atoms with van der Waals surface area (Å²) < 4.78 is 4.78. The average molecular weight is 157 g/mol. The van der Waals surface area contributed by atoms with E-state index >= 15 is 0 Å². The van der Waals surface area contributed by atoms with Crippen molar-refractivity contribution in [1.82, 2.24) is 0 Å². The summed E-state index contributed by atoms with van der Waals surface area (Å²) >= 11 is 0. The molecule has 0 saturated carbocycles. The van der Waals surface area contributed by atoms with Crippen molar-refractivity contribution < 1.29 is 9.53 Å². The van der Waals surface area contributed by atoms with Gasteiger partial charge in [0.25, 0.3) is 0 Å². The molecule has 0 rings (SSSR count). The highest BCUT2D eigenvalue weighted by molar-refractivity contribution is 5.81. The van der Waals surface area contributed by atoms with E-state index in [1.807, 2.05) is 0 Å². The SMILES string of the molecule is CCCCCOC(=O)C=CN. The standard InChI is InChI=1S/C8H15NO2/c1-2-3-4-7-11-8(10)5-6-9/h5-6H,2-4,7,9H2,1H3. The lowest BCUT2D eigenvalue weighted by molar-refractivity contribution is -0.137. The Bertz CT molecular complexity index is 132. The first kappa shape index (κ1) is 10.0. The van der Waals surface area contributed by atoms with Crippen LogP contribution in [0.2, 0.25) is 0 Å². The fourth-order valence-electron chi connectivity index (χ4n) is 0.652. The van der Waals surface area contributed by atoms with Crippen molar-refractivity contribution in [2.45, 2.75) is 26.2 Å². The Morgan fingerprint density at radius 3 is 2.82 bits per heavy atom. The van der Waals surface area contributed by atoms with Crippen LogP contribution in [0, 0.1) is 0 Å². The van der Waals surface area contributed by atoms with Gasteiger partial charge in [0.1, 0.15) is 0 Å². The van der Waals surface area contributed by atoms with Gasteiger partial charge in [-0.3, -0.25) is 0 Å². The molecule has 0 spiro atoms. The average Bonchev–Trinajstić information content (AvgIpc) is 1.99. The topological polar surface area (TPSA) is 52.3 Å². The largest absolute Gasteiger partial charge is 0.462 e. The molecular weight excluding hydrogens is 142 g/mol. The van der Waals surface area contributed by atoms with Gasteiger partial charge < -0.3 is 10.5 Å². The number of unbranched alkanes of at least 4 members (excludes halogenated alkanes) is 2. The number of ether oxygens (including phenoxy) is 1. The smallest absolute Gasteiger partial charge is 0.332 e. The van der Waals surface area contributed by atoms with Crippen LogP contribution in [-0.4, -0.2) is 12.6 Å². The van der Waals surface area contributed by atoms with E-state index in [1.165, 1.54) is 12.3 Å². The summed E-state index contributed by atoms with van der Waals surface area (Å²) in [5.74, 6) is -0.358. The Balaban J connectivity index is 3.17. The van der Waals surface area contributed by atoms with Gasteiger partial charge in [0.15, 0.2) is 0 Å². The second-order valence-corrected chi connectivity index (χ2v) is 2.23. The van der Waals surface area contributed by atoms with Crippen LogP contribution in [0.3, 0.4) is 0 Å². The van der Waals surface area contributed by atoms with Gasteiger partial charge in [-0.25, -0.2) is 4.79 Å². The molecule has 0 radical (unpaired) electrons. The fourth-order valence-corrected chi connectivity index (χ4v) is 0.652. The van der Waals surface area contributed by atoms with Gasteiger partial charge in [0, 0.05) is 12.3 Å². The minimum atomic E-state index is -0.358. The van der Waals surface area contributed by atoms with Crippen LogP contribution in [-0.2, 0) is 9.53 Å². The second-order valence-electron chi connectivity index (χ2n) is 2.23. The molecule has 0 amide bonds. The number of hydrogen-bond acceptors (Lipinski definition) is 3. The molecular formula is C8H15NO2. The van der Waals surface area contributed by atoms with Gasteiger partial charge >= 0.3 is 5.97 Å². The van der Waals surface area contributed by atoms with Gasteiger partial charge in [-0.15, -0.1) is 0 Å². The molecule has 0 aromatic rings. The zero-order valence-corrected chi connectivity index (χ0v) is 6.88. The lowest BCUT2D eigenvalue weighted by atomic mass is 10.3. The molecule has 11 heavy (non-hydrogen) atoms. The van der Waals surface area contributed by atoms with Crippen LogP contribution in [0.1, 0.15) is 26.2 Å². The van der Waals surface area contributed by atoms with Crippen LogP contribution in [0.4, 0.5) is 0 Å². The summed E-state index contributed by atoms with van der Waals surface area (Å²) in [6.45, 7) is 2.60. The molecule has 0 aliphatic heterocycles. The van der Waals surface area contributed by atoms with E-state index in [4.69, 9.17) is 10.5 Å². The second kappa shape index (κ2) is 7.12. The molecule has 0 aromatic carbocycles. The third-order valence-electron chi connectivity index (χ3n) is 1.22. The first-order chi connectivity index (χ1) is 5.31. The Hall–Kier alpha value is -0.990. The maximum atomic E-state index is 10.6. The van der Waals surface area contributed by atoms with E-state index in [9.17, 15) is 4.79 Å². The molecule has 0 saturated heterocycles. The minimum Gasteiger partial charge on any atom is -0.462 e. The molecule has 0 unspecified atom stereocenters. The molecule has 0 aliphatic rings. The molecule has 64 valence electrons. The quantitative estimate of drug-likeness (QED) is 0.370. The van der Waals surface area contributed by atoms with Crippen molar-refractivity contribution in [3.05, 3.63) is 12.3 Å². The van der Waals surface area contributed by atoms with Crippen molar-refractivity contribution in [3.63, 3.8) is 0 Å². The Morgan fingerprint density at radius 1 is 1.55 bits per heavy atom. The third kappa shape index (κ3) is 6.90. The van der Waals surface area contributed by atoms with E-state index in [0.29, 0.717) is 6.61 Å². The molecule has 3 nitrogen and oxygen atoms in total.